The zero-order chi connectivity index (χ0) is 21.3. The summed E-state index contributed by atoms with van der Waals surface area (Å²) in [6, 6.07) is 15.3. The summed E-state index contributed by atoms with van der Waals surface area (Å²) in [6.07, 6.45) is 2.35. The summed E-state index contributed by atoms with van der Waals surface area (Å²) in [5.74, 6) is 1.07. The smallest absolute Gasteiger partial charge is 0.227 e. The fourth-order valence-corrected chi connectivity index (χ4v) is 3.76. The van der Waals surface area contributed by atoms with Crippen molar-refractivity contribution < 1.29 is 14.3 Å². The SMILES string of the molecule is CCOc1ccc(CC(=O)N2CCCN(C(=O)CCc3ccc(Cl)cc3)CC2)cc1. The Morgan fingerprint density at radius 3 is 2.10 bits per heavy atom. The molecule has 0 N–H and O–H groups in total. The van der Waals surface area contributed by atoms with Crippen LogP contribution in [0.1, 0.15) is 30.9 Å². The first kappa shape index (κ1) is 22.2. The Labute approximate surface area is 183 Å². The van der Waals surface area contributed by atoms with E-state index in [1.54, 1.807) is 0 Å². The highest BCUT2D eigenvalue weighted by Crippen LogP contribution is 2.15. The van der Waals surface area contributed by atoms with Crippen LogP contribution in [0, 0.1) is 0 Å². The normalized spacial score (nSPS) is 14.3. The summed E-state index contributed by atoms with van der Waals surface area (Å²) >= 11 is 5.91. The first-order chi connectivity index (χ1) is 14.5. The van der Waals surface area contributed by atoms with Gasteiger partial charge < -0.3 is 14.5 Å². The maximum Gasteiger partial charge on any atom is 0.227 e. The molecule has 1 fully saturated rings. The summed E-state index contributed by atoms with van der Waals surface area (Å²) in [7, 11) is 0. The third-order valence-electron chi connectivity index (χ3n) is 5.33. The molecule has 1 aliphatic heterocycles. The van der Waals surface area contributed by atoms with Gasteiger partial charge in [-0.25, -0.2) is 0 Å². The van der Waals surface area contributed by atoms with Crippen LogP contribution in [0.15, 0.2) is 48.5 Å². The second-order valence-corrected chi connectivity index (χ2v) is 7.93. The lowest BCUT2D eigenvalue weighted by Gasteiger charge is -2.22. The molecule has 6 heteroatoms. The molecule has 0 aliphatic carbocycles. The number of aryl methyl sites for hydroxylation is 1. The van der Waals surface area contributed by atoms with Gasteiger partial charge in [0, 0.05) is 37.6 Å². The Kier molecular flexibility index (Phi) is 8.14. The molecule has 30 heavy (non-hydrogen) atoms. The molecule has 0 bridgehead atoms. The number of amides is 2. The van der Waals surface area contributed by atoms with Gasteiger partial charge in [0.15, 0.2) is 0 Å². The number of carbonyl (C=O) groups is 2. The maximum atomic E-state index is 12.7. The Morgan fingerprint density at radius 1 is 0.867 bits per heavy atom. The average molecular weight is 429 g/mol. The van der Waals surface area contributed by atoms with E-state index in [0.29, 0.717) is 57.1 Å². The van der Waals surface area contributed by atoms with Crippen LogP contribution in [0.2, 0.25) is 5.02 Å². The molecule has 160 valence electrons. The van der Waals surface area contributed by atoms with Gasteiger partial charge in [0.1, 0.15) is 5.75 Å². The lowest BCUT2D eigenvalue weighted by molar-refractivity contribution is -0.133. The van der Waals surface area contributed by atoms with E-state index in [2.05, 4.69) is 0 Å². The molecule has 1 aliphatic rings. The monoisotopic (exact) mass is 428 g/mol. The third kappa shape index (κ3) is 6.49. The summed E-state index contributed by atoms with van der Waals surface area (Å²) in [5, 5.41) is 0.701. The highest BCUT2D eigenvalue weighted by atomic mass is 35.5. The minimum absolute atomic E-state index is 0.106. The van der Waals surface area contributed by atoms with Crippen molar-refractivity contribution in [3.05, 3.63) is 64.7 Å². The largest absolute Gasteiger partial charge is 0.494 e. The lowest BCUT2D eigenvalue weighted by Crippen LogP contribution is -2.38. The molecule has 2 aromatic carbocycles. The molecule has 0 saturated carbocycles. The van der Waals surface area contributed by atoms with Crippen LogP contribution in [-0.4, -0.2) is 54.4 Å². The van der Waals surface area contributed by atoms with E-state index in [4.69, 9.17) is 16.3 Å². The highest BCUT2D eigenvalue weighted by Gasteiger charge is 2.22. The van der Waals surface area contributed by atoms with Crippen molar-refractivity contribution in [3.63, 3.8) is 0 Å². The number of nitrogens with zero attached hydrogens (tertiary/aromatic N) is 2. The zero-order valence-electron chi connectivity index (χ0n) is 17.5. The molecule has 2 amide bonds. The number of benzene rings is 2. The van der Waals surface area contributed by atoms with E-state index < -0.39 is 0 Å². The van der Waals surface area contributed by atoms with Gasteiger partial charge in [-0.3, -0.25) is 9.59 Å². The second-order valence-electron chi connectivity index (χ2n) is 7.50. The quantitative estimate of drug-likeness (QED) is 0.670. The predicted octanol–water partition coefficient (Wildman–Crippen LogP) is 3.97. The van der Waals surface area contributed by atoms with Crippen molar-refractivity contribution in [1.29, 1.82) is 0 Å². The Morgan fingerprint density at radius 2 is 1.47 bits per heavy atom. The van der Waals surface area contributed by atoms with E-state index in [0.717, 1.165) is 23.3 Å². The van der Waals surface area contributed by atoms with Crippen LogP contribution < -0.4 is 4.74 Å². The minimum Gasteiger partial charge on any atom is -0.494 e. The van der Waals surface area contributed by atoms with Gasteiger partial charge in [-0.05, 0) is 55.2 Å². The number of rotatable bonds is 7. The van der Waals surface area contributed by atoms with Gasteiger partial charge >= 0.3 is 0 Å². The van der Waals surface area contributed by atoms with Gasteiger partial charge in [0.25, 0.3) is 0 Å². The summed E-state index contributed by atoms with van der Waals surface area (Å²) < 4.78 is 5.45. The van der Waals surface area contributed by atoms with Gasteiger partial charge in [-0.15, -0.1) is 0 Å². The summed E-state index contributed by atoms with van der Waals surface area (Å²) in [5.41, 5.74) is 2.08. The molecular weight excluding hydrogens is 400 g/mol. The fraction of sp³-hybridized carbons (Fsp3) is 0.417. The maximum absolute atomic E-state index is 12.7. The third-order valence-corrected chi connectivity index (χ3v) is 5.58. The van der Waals surface area contributed by atoms with Gasteiger partial charge in [-0.1, -0.05) is 35.9 Å². The van der Waals surface area contributed by atoms with E-state index in [1.165, 1.54) is 0 Å². The minimum atomic E-state index is 0.106. The molecule has 3 rings (SSSR count). The van der Waals surface area contributed by atoms with Crippen molar-refractivity contribution in [2.45, 2.75) is 32.6 Å². The van der Waals surface area contributed by atoms with Crippen molar-refractivity contribution in [3.8, 4) is 5.75 Å². The molecule has 1 saturated heterocycles. The van der Waals surface area contributed by atoms with Crippen LogP contribution >= 0.6 is 11.6 Å². The van der Waals surface area contributed by atoms with Crippen molar-refractivity contribution in [2.24, 2.45) is 0 Å². The van der Waals surface area contributed by atoms with E-state index in [9.17, 15) is 9.59 Å². The van der Waals surface area contributed by atoms with Crippen LogP contribution in [0.25, 0.3) is 0 Å². The summed E-state index contributed by atoms with van der Waals surface area (Å²) in [6.45, 7) is 5.14. The number of hydrogen-bond acceptors (Lipinski definition) is 3. The fourth-order valence-electron chi connectivity index (χ4n) is 3.63. The van der Waals surface area contributed by atoms with Gasteiger partial charge in [-0.2, -0.15) is 0 Å². The zero-order valence-corrected chi connectivity index (χ0v) is 18.2. The number of ether oxygens (including phenoxy) is 1. The van der Waals surface area contributed by atoms with E-state index >= 15 is 0 Å². The van der Waals surface area contributed by atoms with Gasteiger partial charge in [0.2, 0.25) is 11.8 Å². The summed E-state index contributed by atoms with van der Waals surface area (Å²) in [4.78, 5) is 29.1. The molecule has 0 atom stereocenters. The molecule has 1 heterocycles. The Bertz CT molecular complexity index is 837. The Balaban J connectivity index is 1.46. The van der Waals surface area contributed by atoms with Crippen LogP contribution in [0.5, 0.6) is 5.75 Å². The average Bonchev–Trinajstić information content (AvgIpc) is 3.01. The van der Waals surface area contributed by atoms with Crippen LogP contribution in [-0.2, 0) is 22.4 Å². The number of carbonyl (C=O) groups excluding carboxylic acids is 2. The van der Waals surface area contributed by atoms with Crippen LogP contribution in [0.4, 0.5) is 0 Å². The first-order valence-electron chi connectivity index (χ1n) is 10.6. The molecule has 0 unspecified atom stereocenters. The van der Waals surface area contributed by atoms with E-state index in [1.807, 2.05) is 65.3 Å². The topological polar surface area (TPSA) is 49.9 Å². The number of halogens is 1. The molecule has 2 aromatic rings. The molecule has 0 aromatic heterocycles. The number of hydrogen-bond donors (Lipinski definition) is 0. The van der Waals surface area contributed by atoms with Crippen LogP contribution in [0.3, 0.4) is 0 Å². The van der Waals surface area contributed by atoms with Crippen molar-refractivity contribution in [2.75, 3.05) is 32.8 Å². The molecular formula is C24H29ClN2O3. The standard InChI is InChI=1S/C24H29ClN2O3/c1-2-30-22-11-6-20(7-12-22)18-24(29)27-15-3-14-26(16-17-27)23(28)13-8-19-4-9-21(25)10-5-19/h4-7,9-12H,2-3,8,13-18H2,1H3. The molecule has 0 radical (unpaired) electrons. The molecule has 0 spiro atoms. The Hall–Kier alpha value is -2.53. The first-order valence-corrected chi connectivity index (χ1v) is 10.9. The second kappa shape index (κ2) is 11.0. The van der Waals surface area contributed by atoms with E-state index in [-0.39, 0.29) is 11.8 Å². The van der Waals surface area contributed by atoms with Crippen molar-refractivity contribution >= 4 is 23.4 Å². The van der Waals surface area contributed by atoms with Crippen molar-refractivity contribution in [1.82, 2.24) is 9.80 Å². The highest BCUT2D eigenvalue weighted by molar-refractivity contribution is 6.30. The predicted molar refractivity (Wildman–Crippen MR) is 119 cm³/mol. The van der Waals surface area contributed by atoms with Gasteiger partial charge in [0.05, 0.1) is 13.0 Å². The molecule has 5 nitrogen and oxygen atoms in total. The lowest BCUT2D eigenvalue weighted by atomic mass is 10.1.